The van der Waals surface area contributed by atoms with Crippen molar-refractivity contribution >= 4 is 43.3 Å². The van der Waals surface area contributed by atoms with Crippen LogP contribution in [0.5, 0.6) is 5.75 Å². The van der Waals surface area contributed by atoms with Gasteiger partial charge in [-0.05, 0) is 61.8 Å². The Morgan fingerprint density at radius 2 is 1.49 bits per heavy atom. The number of aliphatic carboxylic acids is 1. The highest BCUT2D eigenvalue weighted by atomic mass is 31.2. The Labute approximate surface area is 294 Å². The van der Waals surface area contributed by atoms with Gasteiger partial charge >= 0.3 is 13.8 Å². The lowest BCUT2D eigenvalue weighted by Crippen LogP contribution is -2.60. The minimum Gasteiger partial charge on any atom is -0.481 e. The van der Waals surface area contributed by atoms with E-state index in [4.69, 9.17) is 21.1 Å². The number of hydrogen-bond donors (Lipinski definition) is 9. The fraction of sp³-hybridized carbons (Fsp3) is 0.600. The van der Waals surface area contributed by atoms with Crippen molar-refractivity contribution in [2.45, 2.75) is 102 Å². The van der Waals surface area contributed by atoms with Gasteiger partial charge in [0.1, 0.15) is 29.9 Å². The fourth-order valence-corrected chi connectivity index (χ4v) is 5.07. The Balaban J connectivity index is 3.26. The quantitative estimate of drug-likeness (QED) is 0.0227. The van der Waals surface area contributed by atoms with Crippen LogP contribution >= 0.6 is 7.82 Å². The summed E-state index contributed by atoms with van der Waals surface area (Å²) in [5.74, 6) is -5.86. The predicted octanol–water partition coefficient (Wildman–Crippen LogP) is 0.288. The van der Waals surface area contributed by atoms with Crippen LogP contribution in [-0.4, -0.2) is 92.3 Å². The number of primary amides is 1. The van der Waals surface area contributed by atoms with Crippen LogP contribution in [-0.2, 0) is 39.8 Å². The van der Waals surface area contributed by atoms with E-state index in [2.05, 4.69) is 35.8 Å². The third-order valence-corrected chi connectivity index (χ3v) is 7.62. The van der Waals surface area contributed by atoms with Gasteiger partial charge < -0.3 is 41.7 Å². The van der Waals surface area contributed by atoms with E-state index in [-0.39, 0.29) is 37.5 Å². The van der Waals surface area contributed by atoms with E-state index in [9.17, 15) is 43.5 Å². The SMILES string of the molecule is CC(C)C[C@H](NC(=O)[C@@H](NC(=O)[C@H](CCC(=O)O)NC(=O)[C@H](Cc1ccc(OP(=O)(O)O)cc1)NC(=O)CCCCCN=[N+]=[N-])[C@@H](C)O)C(N)=O. The molecule has 5 atom stereocenters. The molecule has 0 spiro atoms. The molecule has 0 unspecified atom stereocenters. The molecule has 0 aliphatic carbocycles. The normalized spacial score (nSPS) is 14.1. The standard InChI is InChI=1S/C30H47N8O12P/c1-17(2)15-22(27(31)43)36-30(46)26(18(3)39)37-28(44)21(12-13-25(41)42)35-29(45)23(34-24(40)7-5-4-6-14-33-38-32)16-19-8-10-20(11-9-19)50-51(47,48)49/h8-11,17-18,21-23,26,39H,4-7,12-16H2,1-3H3,(H2,31,43)(H,34,40)(H,35,45)(H,36,46)(H,37,44)(H,41,42)(H2,47,48,49)/t18-,21+,22+,23+,26+/m1/s1. The number of unbranched alkanes of at least 4 members (excludes halogenated alkanes) is 2. The van der Waals surface area contributed by atoms with Crippen molar-refractivity contribution in [3.8, 4) is 5.75 Å². The van der Waals surface area contributed by atoms with Crippen LogP contribution in [0.4, 0.5) is 0 Å². The number of phosphoric ester groups is 1. The van der Waals surface area contributed by atoms with Crippen LogP contribution in [0.15, 0.2) is 29.4 Å². The van der Waals surface area contributed by atoms with Crippen molar-refractivity contribution < 1.29 is 57.9 Å². The Kier molecular flexibility index (Phi) is 19.2. The molecule has 1 rings (SSSR count). The van der Waals surface area contributed by atoms with Crippen molar-refractivity contribution in [3.63, 3.8) is 0 Å². The summed E-state index contributed by atoms with van der Waals surface area (Å²) in [7, 11) is -4.85. The molecule has 0 saturated heterocycles. The summed E-state index contributed by atoms with van der Waals surface area (Å²) in [5.41, 5.74) is 14.2. The molecule has 0 fully saturated rings. The highest BCUT2D eigenvalue weighted by Gasteiger charge is 2.33. The molecule has 21 heteroatoms. The smallest absolute Gasteiger partial charge is 0.481 e. The summed E-state index contributed by atoms with van der Waals surface area (Å²) in [6, 6.07) is -0.475. The Morgan fingerprint density at radius 1 is 0.882 bits per heavy atom. The predicted molar refractivity (Wildman–Crippen MR) is 180 cm³/mol. The second-order valence-corrected chi connectivity index (χ2v) is 13.3. The number of carbonyl (C=O) groups is 6. The van der Waals surface area contributed by atoms with Crippen molar-refractivity contribution in [2.24, 2.45) is 16.8 Å². The first-order valence-electron chi connectivity index (χ1n) is 16.1. The third kappa shape index (κ3) is 18.7. The number of phosphoric acid groups is 1. The largest absolute Gasteiger partial charge is 0.524 e. The molecule has 0 aliphatic heterocycles. The molecule has 0 heterocycles. The first-order chi connectivity index (χ1) is 23.8. The number of nitrogens with two attached hydrogens (primary N) is 1. The molecule has 1 aromatic rings. The minimum atomic E-state index is -4.85. The number of amides is 5. The van der Waals surface area contributed by atoms with Gasteiger partial charge in [-0.2, -0.15) is 0 Å². The average molecular weight is 743 g/mol. The van der Waals surface area contributed by atoms with Gasteiger partial charge in [-0.25, -0.2) is 4.57 Å². The van der Waals surface area contributed by atoms with Crippen molar-refractivity contribution in [2.75, 3.05) is 6.54 Å². The number of aliphatic hydroxyl groups is 1. The number of nitrogens with zero attached hydrogens (tertiary/aromatic N) is 3. The molecule has 0 bridgehead atoms. The third-order valence-electron chi connectivity index (χ3n) is 7.17. The van der Waals surface area contributed by atoms with Crippen molar-refractivity contribution in [1.29, 1.82) is 0 Å². The number of nitrogens with one attached hydrogen (secondary N) is 4. The van der Waals surface area contributed by atoms with Crippen LogP contribution in [0.3, 0.4) is 0 Å². The highest BCUT2D eigenvalue weighted by molar-refractivity contribution is 7.46. The highest BCUT2D eigenvalue weighted by Crippen LogP contribution is 2.37. The molecule has 51 heavy (non-hydrogen) atoms. The van der Waals surface area contributed by atoms with Gasteiger partial charge in [0.2, 0.25) is 29.5 Å². The second-order valence-electron chi connectivity index (χ2n) is 12.1. The van der Waals surface area contributed by atoms with E-state index in [1.54, 1.807) is 13.8 Å². The van der Waals surface area contributed by atoms with Gasteiger partial charge in [0.05, 0.1) is 6.10 Å². The number of aliphatic hydroxyl groups excluding tert-OH is 1. The summed E-state index contributed by atoms with van der Waals surface area (Å²) < 4.78 is 15.7. The van der Waals surface area contributed by atoms with Crippen LogP contribution in [0.1, 0.15) is 71.3 Å². The van der Waals surface area contributed by atoms with E-state index in [1.807, 2.05) is 0 Å². The van der Waals surface area contributed by atoms with E-state index < -0.39 is 86.4 Å². The maximum absolute atomic E-state index is 13.6. The Morgan fingerprint density at radius 3 is 2.02 bits per heavy atom. The first-order valence-corrected chi connectivity index (χ1v) is 17.6. The molecule has 20 nitrogen and oxygen atoms in total. The van der Waals surface area contributed by atoms with Gasteiger partial charge in [-0.1, -0.05) is 37.5 Å². The summed E-state index contributed by atoms with van der Waals surface area (Å²) in [4.78, 5) is 96.9. The van der Waals surface area contributed by atoms with E-state index in [1.165, 1.54) is 31.2 Å². The Hall–Kier alpha value is -4.74. The molecule has 10 N–H and O–H groups in total. The molecule has 0 aliphatic rings. The number of benzene rings is 1. The maximum atomic E-state index is 13.6. The lowest BCUT2D eigenvalue weighted by atomic mass is 10.0. The molecule has 284 valence electrons. The van der Waals surface area contributed by atoms with Gasteiger partial charge in [0.25, 0.3) is 0 Å². The Bertz CT molecular complexity index is 1450. The van der Waals surface area contributed by atoms with Crippen LogP contribution in [0.25, 0.3) is 10.4 Å². The van der Waals surface area contributed by atoms with E-state index in [0.717, 1.165) is 0 Å². The van der Waals surface area contributed by atoms with Crippen molar-refractivity contribution in [3.05, 3.63) is 40.3 Å². The molecular weight excluding hydrogens is 695 g/mol. The molecular formula is C30H47N8O12P. The lowest BCUT2D eigenvalue weighted by molar-refractivity contribution is -0.139. The zero-order valence-corrected chi connectivity index (χ0v) is 29.5. The van der Waals surface area contributed by atoms with Gasteiger partial charge in [-0.3, -0.25) is 38.6 Å². The fourth-order valence-electron chi connectivity index (χ4n) is 4.67. The zero-order valence-electron chi connectivity index (χ0n) is 28.6. The molecule has 1 aromatic carbocycles. The summed E-state index contributed by atoms with van der Waals surface area (Å²) >= 11 is 0. The van der Waals surface area contributed by atoms with Crippen LogP contribution in [0.2, 0.25) is 0 Å². The number of carbonyl (C=O) groups excluding carboxylic acids is 5. The number of carboxylic acids is 1. The van der Waals surface area contributed by atoms with E-state index in [0.29, 0.717) is 24.8 Å². The summed E-state index contributed by atoms with van der Waals surface area (Å²) in [6.45, 7) is 5.00. The number of rotatable bonds is 24. The number of carboxylic acid groups (broad SMARTS) is 1. The summed E-state index contributed by atoms with van der Waals surface area (Å²) in [5, 5.41) is 32.7. The topological polar surface area (TPSA) is 333 Å². The molecule has 0 radical (unpaired) electrons. The van der Waals surface area contributed by atoms with Gasteiger partial charge in [0.15, 0.2) is 0 Å². The lowest BCUT2D eigenvalue weighted by Gasteiger charge is -2.27. The average Bonchev–Trinajstić information content (AvgIpc) is 3.02. The van der Waals surface area contributed by atoms with Crippen molar-refractivity contribution in [1.82, 2.24) is 21.3 Å². The maximum Gasteiger partial charge on any atom is 0.524 e. The number of azide groups is 1. The van der Waals surface area contributed by atoms with Crippen LogP contribution in [0, 0.1) is 5.92 Å². The van der Waals surface area contributed by atoms with Gasteiger partial charge in [0, 0.05) is 30.7 Å². The molecule has 0 saturated carbocycles. The van der Waals surface area contributed by atoms with E-state index >= 15 is 0 Å². The first kappa shape index (κ1) is 44.3. The van der Waals surface area contributed by atoms with Crippen LogP contribution < -0.4 is 31.5 Å². The minimum absolute atomic E-state index is 0.0215. The zero-order chi connectivity index (χ0) is 38.7. The molecule has 5 amide bonds. The number of hydrogen-bond acceptors (Lipinski definition) is 10. The molecule has 0 aromatic heterocycles. The van der Waals surface area contributed by atoms with Gasteiger partial charge in [-0.15, -0.1) is 0 Å². The second kappa shape index (κ2) is 22.2. The summed E-state index contributed by atoms with van der Waals surface area (Å²) in [6.07, 6.45) is -1.17. The monoisotopic (exact) mass is 742 g/mol.